The van der Waals surface area contributed by atoms with Gasteiger partial charge in [-0.25, -0.2) is 8.78 Å². The van der Waals surface area contributed by atoms with Gasteiger partial charge in [-0.05, 0) is 55.6 Å². The van der Waals surface area contributed by atoms with Gasteiger partial charge in [0.1, 0.15) is 0 Å². The van der Waals surface area contributed by atoms with Crippen LogP contribution in [0.25, 0.3) is 0 Å². The van der Waals surface area contributed by atoms with E-state index in [4.69, 9.17) is 0 Å². The fourth-order valence-electron chi connectivity index (χ4n) is 3.96. The second-order valence-electron chi connectivity index (χ2n) is 7.32. The summed E-state index contributed by atoms with van der Waals surface area (Å²) in [6, 6.07) is 7.19. The maximum absolute atomic E-state index is 13.7. The van der Waals surface area contributed by atoms with E-state index in [1.165, 1.54) is 6.07 Å². The van der Waals surface area contributed by atoms with Gasteiger partial charge in [-0.1, -0.05) is 6.07 Å². The molecule has 0 aliphatic carbocycles. The monoisotopic (exact) mass is 459 g/mol. The summed E-state index contributed by atoms with van der Waals surface area (Å²) in [5.41, 5.74) is 0.929. The van der Waals surface area contributed by atoms with Gasteiger partial charge in [0.05, 0.1) is 0 Å². The molecule has 2 atom stereocenters. The summed E-state index contributed by atoms with van der Waals surface area (Å²) in [7, 11) is 0. The van der Waals surface area contributed by atoms with Crippen molar-refractivity contribution in [3.8, 4) is 0 Å². The zero-order valence-corrected chi connectivity index (χ0v) is 17.9. The first kappa shape index (κ1) is 24.2. The molecule has 1 aromatic carbocycles. The van der Waals surface area contributed by atoms with Gasteiger partial charge in [0, 0.05) is 31.6 Å². The Hall–Kier alpha value is -2.03. The lowest BCUT2D eigenvalue weighted by atomic mass is 9.86. The zero-order valence-electron chi connectivity index (χ0n) is 16.3. The van der Waals surface area contributed by atoms with Gasteiger partial charge >= 0.3 is 0 Å². The molecule has 2 unspecified atom stereocenters. The average molecular weight is 460 g/mol. The molecule has 6 nitrogen and oxygen atoms in total. The highest BCUT2D eigenvalue weighted by molar-refractivity contribution is 5.92. The Balaban J connectivity index is 0.00000160. The number of anilines is 1. The summed E-state index contributed by atoms with van der Waals surface area (Å²) in [4.78, 5) is 14.8. The number of carbonyl (C=O) groups is 1. The predicted octanol–water partition coefficient (Wildman–Crippen LogP) is 3.07. The molecule has 0 radical (unpaired) electrons. The molecule has 2 aliphatic rings. The number of nitrogens with zero attached hydrogens (tertiary/aromatic N) is 3. The molecule has 0 saturated carbocycles. The van der Waals surface area contributed by atoms with Crippen molar-refractivity contribution >= 4 is 36.5 Å². The van der Waals surface area contributed by atoms with Crippen LogP contribution in [-0.4, -0.2) is 48.3 Å². The van der Waals surface area contributed by atoms with Crippen molar-refractivity contribution in [2.45, 2.75) is 31.2 Å². The van der Waals surface area contributed by atoms with Gasteiger partial charge in [0.25, 0.3) is 5.91 Å². The summed E-state index contributed by atoms with van der Waals surface area (Å²) in [5, 5.41) is 14.5. The molecule has 2 saturated heterocycles. The minimum Gasteiger partial charge on any atom is -0.355 e. The van der Waals surface area contributed by atoms with E-state index in [0.29, 0.717) is 12.1 Å². The van der Waals surface area contributed by atoms with Gasteiger partial charge in [-0.3, -0.25) is 4.79 Å². The molecular weight excluding hydrogens is 435 g/mol. The van der Waals surface area contributed by atoms with Crippen LogP contribution < -0.4 is 15.5 Å². The van der Waals surface area contributed by atoms with Crippen LogP contribution in [0.15, 0.2) is 30.3 Å². The zero-order chi connectivity index (χ0) is 19.5. The Morgan fingerprint density at radius 3 is 2.50 bits per heavy atom. The normalized spacial score (nSPS) is 20.8. The maximum Gasteiger partial charge on any atom is 0.272 e. The summed E-state index contributed by atoms with van der Waals surface area (Å²) in [6.07, 6.45) is 3.00. The number of piperidine rings is 1. The Morgan fingerprint density at radius 2 is 1.83 bits per heavy atom. The molecule has 0 spiro atoms. The van der Waals surface area contributed by atoms with Crippen LogP contribution in [0.3, 0.4) is 0 Å². The van der Waals surface area contributed by atoms with Crippen LogP contribution in [0.1, 0.15) is 41.2 Å². The SMILES string of the molecule is Cl.Cl.O=C(NC1CNCCC1c1ccc(F)c(F)c1)c1ccc(N2CCCC2)nn1. The summed E-state index contributed by atoms with van der Waals surface area (Å²) >= 11 is 0. The van der Waals surface area contributed by atoms with E-state index in [1.807, 2.05) is 6.07 Å². The van der Waals surface area contributed by atoms with E-state index in [1.54, 1.807) is 12.1 Å². The number of carbonyl (C=O) groups excluding carboxylic acids is 1. The molecule has 30 heavy (non-hydrogen) atoms. The highest BCUT2D eigenvalue weighted by Crippen LogP contribution is 2.27. The van der Waals surface area contributed by atoms with E-state index in [-0.39, 0.29) is 48.4 Å². The second-order valence-corrected chi connectivity index (χ2v) is 7.32. The maximum atomic E-state index is 13.7. The lowest BCUT2D eigenvalue weighted by molar-refractivity contribution is 0.0918. The molecular formula is C20H25Cl2F2N5O. The van der Waals surface area contributed by atoms with Gasteiger partial charge in [0.2, 0.25) is 0 Å². The summed E-state index contributed by atoms with van der Waals surface area (Å²) in [6.45, 7) is 3.23. The van der Waals surface area contributed by atoms with Gasteiger partial charge in [-0.2, -0.15) is 0 Å². The van der Waals surface area contributed by atoms with E-state index in [0.717, 1.165) is 50.8 Å². The van der Waals surface area contributed by atoms with Crippen molar-refractivity contribution in [2.24, 2.45) is 0 Å². The minimum absolute atomic E-state index is 0. The molecule has 4 rings (SSSR count). The quantitative estimate of drug-likeness (QED) is 0.734. The number of nitrogens with one attached hydrogen (secondary N) is 2. The molecule has 10 heteroatoms. The topological polar surface area (TPSA) is 70.2 Å². The van der Waals surface area contributed by atoms with E-state index >= 15 is 0 Å². The number of hydrogen-bond acceptors (Lipinski definition) is 5. The van der Waals surface area contributed by atoms with Gasteiger partial charge in [-0.15, -0.1) is 35.0 Å². The van der Waals surface area contributed by atoms with Crippen molar-refractivity contribution in [1.82, 2.24) is 20.8 Å². The Bertz CT molecular complexity index is 850. The van der Waals surface area contributed by atoms with E-state index in [9.17, 15) is 13.6 Å². The molecule has 1 amide bonds. The largest absolute Gasteiger partial charge is 0.355 e. The third-order valence-corrected chi connectivity index (χ3v) is 5.48. The first-order chi connectivity index (χ1) is 13.6. The van der Waals surface area contributed by atoms with Gasteiger partial charge < -0.3 is 15.5 Å². The first-order valence-corrected chi connectivity index (χ1v) is 9.67. The molecule has 0 bridgehead atoms. The fourth-order valence-corrected chi connectivity index (χ4v) is 3.96. The number of rotatable bonds is 4. The average Bonchev–Trinajstić information content (AvgIpc) is 3.25. The van der Waals surface area contributed by atoms with E-state index in [2.05, 4.69) is 25.7 Å². The fraction of sp³-hybridized carbons (Fsp3) is 0.450. The van der Waals surface area contributed by atoms with Crippen molar-refractivity contribution in [3.05, 3.63) is 53.2 Å². The van der Waals surface area contributed by atoms with E-state index < -0.39 is 11.6 Å². The molecule has 2 aliphatic heterocycles. The Kier molecular flexibility index (Phi) is 8.76. The molecule has 2 aromatic rings. The molecule has 2 N–H and O–H groups in total. The lowest BCUT2D eigenvalue weighted by Gasteiger charge is -2.33. The van der Waals surface area contributed by atoms with Crippen molar-refractivity contribution < 1.29 is 13.6 Å². The van der Waals surface area contributed by atoms with Crippen LogP contribution >= 0.6 is 24.8 Å². The van der Waals surface area contributed by atoms with Crippen molar-refractivity contribution in [2.75, 3.05) is 31.1 Å². The number of benzene rings is 1. The third kappa shape index (κ3) is 5.36. The van der Waals surface area contributed by atoms with Gasteiger partial charge in [0.15, 0.2) is 23.1 Å². The summed E-state index contributed by atoms with van der Waals surface area (Å²) in [5.74, 6) is -1.37. The molecule has 164 valence electrons. The van der Waals surface area contributed by atoms with Crippen molar-refractivity contribution in [1.29, 1.82) is 0 Å². The predicted molar refractivity (Wildman–Crippen MR) is 116 cm³/mol. The van der Waals surface area contributed by atoms with Crippen LogP contribution in [0.2, 0.25) is 0 Å². The first-order valence-electron chi connectivity index (χ1n) is 9.67. The lowest BCUT2D eigenvalue weighted by Crippen LogP contribution is -2.50. The highest BCUT2D eigenvalue weighted by Gasteiger charge is 2.29. The highest BCUT2D eigenvalue weighted by atomic mass is 35.5. The van der Waals surface area contributed by atoms with Crippen LogP contribution in [-0.2, 0) is 0 Å². The third-order valence-electron chi connectivity index (χ3n) is 5.48. The molecule has 2 fully saturated rings. The van der Waals surface area contributed by atoms with Crippen LogP contribution in [0.5, 0.6) is 0 Å². The van der Waals surface area contributed by atoms with Crippen LogP contribution in [0.4, 0.5) is 14.6 Å². The standard InChI is InChI=1S/C20H23F2N5O.2ClH/c21-15-4-3-13(11-16(15)22)14-7-8-23-12-18(14)24-20(28)17-5-6-19(26-25-17)27-9-1-2-10-27;;/h3-6,11,14,18,23H,1-2,7-10,12H2,(H,24,28);2*1H. The number of aromatic nitrogens is 2. The summed E-state index contributed by atoms with van der Waals surface area (Å²) < 4.78 is 26.9. The second kappa shape index (κ2) is 10.8. The number of halogens is 4. The Morgan fingerprint density at radius 1 is 1.07 bits per heavy atom. The van der Waals surface area contributed by atoms with Crippen molar-refractivity contribution in [3.63, 3.8) is 0 Å². The minimum atomic E-state index is -0.871. The Labute approximate surface area is 186 Å². The number of amides is 1. The smallest absolute Gasteiger partial charge is 0.272 e. The van der Waals surface area contributed by atoms with Crippen LogP contribution in [0, 0.1) is 11.6 Å². The number of hydrogen-bond donors (Lipinski definition) is 2. The molecule has 1 aromatic heterocycles. The molecule has 3 heterocycles.